The van der Waals surface area contributed by atoms with Crippen LogP contribution in [-0.4, -0.2) is 0 Å². The molecule has 0 saturated carbocycles. The summed E-state index contributed by atoms with van der Waals surface area (Å²) in [4.78, 5) is 0. The van der Waals surface area contributed by atoms with Gasteiger partial charge in [-0.15, -0.1) is 0 Å². The minimum atomic E-state index is 0.993. The molecule has 17 heavy (non-hydrogen) atoms. The molecule has 0 aliphatic carbocycles. The summed E-state index contributed by atoms with van der Waals surface area (Å²) in [7, 11) is 0. The predicted octanol–water partition coefficient (Wildman–Crippen LogP) is 4.54. The van der Waals surface area contributed by atoms with Crippen LogP contribution in [0.3, 0.4) is 0 Å². The fourth-order valence-corrected chi connectivity index (χ4v) is 3.04. The van der Waals surface area contributed by atoms with Crippen LogP contribution in [0.5, 0.6) is 0 Å². The van der Waals surface area contributed by atoms with Crippen molar-refractivity contribution in [2.75, 3.05) is 0 Å². The van der Waals surface area contributed by atoms with Crippen LogP contribution in [0, 0.1) is 27.7 Å². The lowest BCUT2D eigenvalue weighted by molar-refractivity contribution is 0.502. The molecule has 0 spiro atoms. The van der Waals surface area contributed by atoms with E-state index in [0.717, 1.165) is 34.5 Å². The van der Waals surface area contributed by atoms with E-state index in [1.54, 1.807) is 0 Å². The highest BCUT2D eigenvalue weighted by molar-refractivity contribution is 7.97. The molecule has 2 nitrogen and oxygen atoms in total. The summed E-state index contributed by atoms with van der Waals surface area (Å²) in [5, 5.41) is 0. The number of rotatable bonds is 4. The minimum absolute atomic E-state index is 0.993. The quantitative estimate of drug-likeness (QED) is 0.797. The van der Waals surface area contributed by atoms with Crippen molar-refractivity contribution < 1.29 is 8.83 Å². The molecule has 0 bridgehead atoms. The van der Waals surface area contributed by atoms with Crippen molar-refractivity contribution in [1.82, 2.24) is 0 Å². The Bertz CT molecular complexity index is 462. The van der Waals surface area contributed by atoms with E-state index in [0.29, 0.717) is 0 Å². The molecule has 92 valence electrons. The molecule has 0 atom stereocenters. The maximum absolute atomic E-state index is 5.51. The maximum atomic E-state index is 5.51. The molecule has 0 unspecified atom stereocenters. The third-order valence-electron chi connectivity index (χ3n) is 2.80. The van der Waals surface area contributed by atoms with Crippen LogP contribution in [0.4, 0.5) is 0 Å². The molecule has 0 radical (unpaired) electrons. The Balaban J connectivity index is 1.92. The molecule has 2 aromatic rings. The first-order chi connectivity index (χ1) is 8.06. The van der Waals surface area contributed by atoms with E-state index in [9.17, 15) is 0 Å². The second-order valence-electron chi connectivity index (χ2n) is 4.37. The third-order valence-corrected chi connectivity index (χ3v) is 3.83. The van der Waals surface area contributed by atoms with Crippen molar-refractivity contribution >= 4 is 11.8 Å². The van der Waals surface area contributed by atoms with Gasteiger partial charge in [0.05, 0.1) is 0 Å². The Hall–Kier alpha value is -1.09. The second kappa shape index (κ2) is 5.05. The van der Waals surface area contributed by atoms with Crippen LogP contribution < -0.4 is 0 Å². The normalized spacial score (nSPS) is 11.1. The number of hydrogen-bond donors (Lipinski definition) is 0. The van der Waals surface area contributed by atoms with Gasteiger partial charge in [-0.1, -0.05) is 0 Å². The van der Waals surface area contributed by atoms with E-state index in [1.165, 1.54) is 11.1 Å². The average Bonchev–Trinajstić information content (AvgIpc) is 2.71. The minimum Gasteiger partial charge on any atom is -0.466 e. The molecule has 0 fully saturated rings. The van der Waals surface area contributed by atoms with Crippen LogP contribution in [0.1, 0.15) is 34.2 Å². The van der Waals surface area contributed by atoms with Gasteiger partial charge in [0.25, 0.3) is 0 Å². The molecule has 2 rings (SSSR count). The highest BCUT2D eigenvalue weighted by atomic mass is 32.2. The maximum Gasteiger partial charge on any atom is 0.105 e. The fourth-order valence-electron chi connectivity index (χ4n) is 1.92. The Labute approximate surface area is 106 Å². The van der Waals surface area contributed by atoms with E-state index in [4.69, 9.17) is 8.83 Å². The van der Waals surface area contributed by atoms with Gasteiger partial charge in [0, 0.05) is 22.6 Å². The van der Waals surface area contributed by atoms with Crippen LogP contribution in [0.15, 0.2) is 21.0 Å². The molecule has 0 amide bonds. The molecule has 3 heteroatoms. The van der Waals surface area contributed by atoms with Crippen molar-refractivity contribution in [3.8, 4) is 0 Å². The number of aryl methyl sites for hydroxylation is 4. The summed E-state index contributed by atoms with van der Waals surface area (Å²) < 4.78 is 11.0. The van der Waals surface area contributed by atoms with Crippen LogP contribution in [0.25, 0.3) is 0 Å². The molecular weight excluding hydrogens is 232 g/mol. The zero-order valence-corrected chi connectivity index (χ0v) is 11.6. The topological polar surface area (TPSA) is 26.3 Å². The summed E-state index contributed by atoms with van der Waals surface area (Å²) in [6.07, 6.45) is 0. The largest absolute Gasteiger partial charge is 0.466 e. The van der Waals surface area contributed by atoms with Crippen LogP contribution in [-0.2, 0) is 11.5 Å². The molecule has 0 aliphatic heterocycles. The number of thioether (sulfide) groups is 1. The predicted molar refractivity (Wildman–Crippen MR) is 71.4 cm³/mol. The lowest BCUT2D eigenvalue weighted by Gasteiger charge is -1.99. The molecule has 2 heterocycles. The zero-order valence-electron chi connectivity index (χ0n) is 10.8. The lowest BCUT2D eigenvalue weighted by Crippen LogP contribution is -1.83. The third kappa shape index (κ3) is 2.97. The van der Waals surface area contributed by atoms with Crippen molar-refractivity contribution in [2.45, 2.75) is 39.2 Å². The molecule has 0 N–H and O–H groups in total. The summed E-state index contributed by atoms with van der Waals surface area (Å²) in [5.74, 6) is 6.05. The Morgan fingerprint density at radius 2 is 1.24 bits per heavy atom. The Morgan fingerprint density at radius 1 is 0.824 bits per heavy atom. The van der Waals surface area contributed by atoms with Crippen molar-refractivity contribution in [3.05, 3.63) is 46.3 Å². The summed E-state index contributed by atoms with van der Waals surface area (Å²) in [6.45, 7) is 8.03. The van der Waals surface area contributed by atoms with Gasteiger partial charge >= 0.3 is 0 Å². The lowest BCUT2D eigenvalue weighted by atomic mass is 10.3. The van der Waals surface area contributed by atoms with Gasteiger partial charge in [-0.2, -0.15) is 11.8 Å². The second-order valence-corrected chi connectivity index (χ2v) is 5.36. The number of hydrogen-bond acceptors (Lipinski definition) is 3. The van der Waals surface area contributed by atoms with Gasteiger partial charge in [-0.05, 0) is 39.8 Å². The van der Waals surface area contributed by atoms with Crippen LogP contribution in [0.2, 0.25) is 0 Å². The zero-order chi connectivity index (χ0) is 12.4. The van der Waals surface area contributed by atoms with Gasteiger partial charge in [0.15, 0.2) is 0 Å². The molecule has 2 aromatic heterocycles. The van der Waals surface area contributed by atoms with E-state index in [1.807, 2.05) is 39.5 Å². The van der Waals surface area contributed by atoms with E-state index < -0.39 is 0 Å². The first-order valence-corrected chi connectivity index (χ1v) is 6.91. The monoisotopic (exact) mass is 250 g/mol. The number of furan rings is 2. The van der Waals surface area contributed by atoms with Gasteiger partial charge in [0.2, 0.25) is 0 Å². The fraction of sp³-hybridized carbons (Fsp3) is 0.429. The standard InChI is InChI=1S/C14H18O2S/c1-9-5-13(11(3)15-9)7-17-8-14-6-10(2)16-12(14)4/h5-6H,7-8H2,1-4H3. The first-order valence-electron chi connectivity index (χ1n) is 5.76. The van der Waals surface area contributed by atoms with Gasteiger partial charge in [-0.3, -0.25) is 0 Å². The SMILES string of the molecule is Cc1cc(CSCc2cc(C)oc2C)c(C)o1. The Morgan fingerprint density at radius 3 is 1.53 bits per heavy atom. The van der Waals surface area contributed by atoms with Gasteiger partial charge < -0.3 is 8.83 Å². The van der Waals surface area contributed by atoms with Gasteiger partial charge in [0.1, 0.15) is 23.0 Å². The van der Waals surface area contributed by atoms with Gasteiger partial charge in [-0.25, -0.2) is 0 Å². The van der Waals surface area contributed by atoms with Crippen molar-refractivity contribution in [3.63, 3.8) is 0 Å². The van der Waals surface area contributed by atoms with Crippen molar-refractivity contribution in [1.29, 1.82) is 0 Å². The highest BCUT2D eigenvalue weighted by Crippen LogP contribution is 2.25. The summed E-state index contributed by atoms with van der Waals surface area (Å²) >= 11 is 1.89. The Kier molecular flexibility index (Phi) is 3.67. The summed E-state index contributed by atoms with van der Waals surface area (Å²) in [5.41, 5.74) is 2.59. The molecule has 0 saturated heterocycles. The molecule has 0 aromatic carbocycles. The van der Waals surface area contributed by atoms with E-state index >= 15 is 0 Å². The van der Waals surface area contributed by atoms with Crippen LogP contribution >= 0.6 is 11.8 Å². The molecule has 0 aliphatic rings. The smallest absolute Gasteiger partial charge is 0.105 e. The summed E-state index contributed by atoms with van der Waals surface area (Å²) in [6, 6.07) is 4.24. The van der Waals surface area contributed by atoms with Crippen molar-refractivity contribution in [2.24, 2.45) is 0 Å². The highest BCUT2D eigenvalue weighted by Gasteiger charge is 2.07. The molecular formula is C14H18O2S. The van der Waals surface area contributed by atoms with E-state index in [-0.39, 0.29) is 0 Å². The van der Waals surface area contributed by atoms with E-state index in [2.05, 4.69) is 12.1 Å². The average molecular weight is 250 g/mol. The first kappa shape index (κ1) is 12.4.